The number of hydrogen-bond acceptors (Lipinski definition) is 6. The minimum Gasteiger partial charge on any atom is -0.390 e. The number of phosphoric ester groups is 1. The van der Waals surface area contributed by atoms with Crippen LogP contribution in [-0.2, 0) is 23.3 Å². The molecule has 47 heavy (non-hydrogen) atoms. The summed E-state index contributed by atoms with van der Waals surface area (Å²) in [5.74, 6) is 5.27. The third-order valence-electron chi connectivity index (χ3n) is 13.6. The van der Waals surface area contributed by atoms with Crippen LogP contribution in [0.15, 0.2) is 11.6 Å². The van der Waals surface area contributed by atoms with Crippen LogP contribution in [0.25, 0.3) is 0 Å². The summed E-state index contributed by atoms with van der Waals surface area (Å²) in [4.78, 5) is 17.7. The van der Waals surface area contributed by atoms with Crippen molar-refractivity contribution in [3.63, 3.8) is 0 Å². The van der Waals surface area contributed by atoms with Crippen molar-refractivity contribution in [3.05, 3.63) is 11.6 Å². The smallest absolute Gasteiger partial charge is 0.390 e. The topological polar surface area (TPSA) is 115 Å². The number of fused-ring (bicyclic) bond motifs is 5. The van der Waals surface area contributed by atoms with Crippen molar-refractivity contribution in [1.29, 1.82) is 0 Å². The first-order chi connectivity index (χ1) is 22.3. The molecule has 9 heteroatoms. The predicted molar refractivity (Wildman–Crippen MR) is 184 cm³/mol. The monoisotopic (exact) mass is 682 g/mol. The van der Waals surface area contributed by atoms with Crippen LogP contribution in [0.4, 0.5) is 0 Å². The van der Waals surface area contributed by atoms with E-state index in [2.05, 4.69) is 45.2 Å². The van der Waals surface area contributed by atoms with Gasteiger partial charge in [-0.05, 0) is 111 Å². The minimum absolute atomic E-state index is 0.277. The lowest BCUT2D eigenvalue weighted by Crippen LogP contribution is -2.51. The molecule has 3 N–H and O–H groups in total. The van der Waals surface area contributed by atoms with Gasteiger partial charge in [0.05, 0.1) is 18.8 Å². The summed E-state index contributed by atoms with van der Waals surface area (Å²) in [5, 5.41) is 10.0. The van der Waals surface area contributed by atoms with Crippen molar-refractivity contribution in [1.82, 2.24) is 0 Å². The standard InChI is InChI=1S/C38H67O8P/c1-26(2)11-10-12-27(3)31-15-16-32-30-14-13-28-23-29(17-19-37(28,4)33(30)18-20-38(31,32)5)43-21-8-6-7-9-22-44-36-24-34(39)35(46-36)25-45-47(40,41)42/h13,26-27,29-36,39H,6-12,14-25H2,1-5H3,(H2,40,41,42)/t27-,29-,30?,31?,32?,33?,34-,35+,36-,37-,38+/m0/s1. The predicted octanol–water partition coefficient (Wildman–Crippen LogP) is 8.58. The molecule has 0 bridgehead atoms. The van der Waals surface area contributed by atoms with Crippen LogP contribution in [0.2, 0.25) is 0 Å². The van der Waals surface area contributed by atoms with E-state index in [1.165, 1.54) is 64.2 Å². The van der Waals surface area contributed by atoms with Gasteiger partial charge in [0.2, 0.25) is 0 Å². The van der Waals surface area contributed by atoms with Crippen molar-refractivity contribution in [2.75, 3.05) is 19.8 Å². The van der Waals surface area contributed by atoms with Gasteiger partial charge in [0.1, 0.15) is 6.10 Å². The van der Waals surface area contributed by atoms with Crippen LogP contribution in [-0.4, -0.2) is 59.3 Å². The maximum Gasteiger partial charge on any atom is 0.469 e. The second-order valence-corrected chi connectivity index (χ2v) is 18.2. The summed E-state index contributed by atoms with van der Waals surface area (Å²) in [6, 6.07) is 0. The molecule has 0 aromatic rings. The van der Waals surface area contributed by atoms with Gasteiger partial charge in [-0.15, -0.1) is 0 Å². The Hall–Kier alpha value is -0.310. The van der Waals surface area contributed by atoms with Crippen LogP contribution in [0.5, 0.6) is 0 Å². The largest absolute Gasteiger partial charge is 0.469 e. The Kier molecular flexibility index (Phi) is 13.2. The average molecular weight is 683 g/mol. The van der Waals surface area contributed by atoms with Crippen molar-refractivity contribution in [2.45, 2.75) is 162 Å². The minimum atomic E-state index is -4.59. The average Bonchev–Trinajstić information content (AvgIpc) is 3.55. The van der Waals surface area contributed by atoms with Gasteiger partial charge in [-0.2, -0.15) is 0 Å². The second kappa shape index (κ2) is 16.4. The summed E-state index contributed by atoms with van der Waals surface area (Å²) >= 11 is 0. The number of aliphatic hydroxyl groups is 1. The van der Waals surface area contributed by atoms with Crippen molar-refractivity contribution >= 4 is 7.82 Å². The third kappa shape index (κ3) is 9.33. The molecule has 5 aliphatic rings. The van der Waals surface area contributed by atoms with E-state index in [4.69, 9.17) is 24.0 Å². The van der Waals surface area contributed by atoms with E-state index in [-0.39, 0.29) is 13.0 Å². The molecule has 1 saturated heterocycles. The first kappa shape index (κ1) is 37.9. The zero-order valence-corrected chi connectivity index (χ0v) is 31.0. The molecule has 3 saturated carbocycles. The molecule has 11 atom stereocenters. The fraction of sp³-hybridized carbons (Fsp3) is 0.947. The van der Waals surface area contributed by atoms with Gasteiger partial charge in [-0.25, -0.2) is 4.57 Å². The van der Waals surface area contributed by atoms with Gasteiger partial charge < -0.3 is 29.1 Å². The summed E-state index contributed by atoms with van der Waals surface area (Å²) < 4.78 is 33.1. The summed E-state index contributed by atoms with van der Waals surface area (Å²) in [6.45, 7) is 13.6. The highest BCUT2D eigenvalue weighted by Crippen LogP contribution is 2.67. The number of aliphatic hydroxyl groups excluding tert-OH is 1. The van der Waals surface area contributed by atoms with E-state index in [1.54, 1.807) is 5.57 Å². The van der Waals surface area contributed by atoms with Gasteiger partial charge in [-0.3, -0.25) is 4.52 Å². The van der Waals surface area contributed by atoms with Crippen LogP contribution in [0.3, 0.4) is 0 Å². The highest BCUT2D eigenvalue weighted by Gasteiger charge is 2.59. The molecule has 8 nitrogen and oxygen atoms in total. The third-order valence-corrected chi connectivity index (χ3v) is 14.0. The molecule has 1 aliphatic heterocycles. The Morgan fingerprint density at radius 2 is 1.68 bits per heavy atom. The Morgan fingerprint density at radius 3 is 2.40 bits per heavy atom. The number of allylic oxidation sites excluding steroid dienone is 1. The van der Waals surface area contributed by atoms with Gasteiger partial charge in [0, 0.05) is 19.6 Å². The lowest BCUT2D eigenvalue weighted by molar-refractivity contribution is -0.143. The van der Waals surface area contributed by atoms with Crippen LogP contribution in [0, 0.1) is 46.3 Å². The summed E-state index contributed by atoms with van der Waals surface area (Å²) in [7, 11) is -4.59. The summed E-state index contributed by atoms with van der Waals surface area (Å²) in [6.07, 6.45) is 20.1. The van der Waals surface area contributed by atoms with Crippen LogP contribution >= 0.6 is 7.82 Å². The van der Waals surface area contributed by atoms with Crippen molar-refractivity contribution < 1.29 is 38.2 Å². The Bertz CT molecular complexity index is 1080. The molecule has 1 heterocycles. The first-order valence-corrected chi connectivity index (χ1v) is 20.8. The molecule has 4 fully saturated rings. The van der Waals surface area contributed by atoms with Gasteiger partial charge in [0.25, 0.3) is 0 Å². The molecule has 0 amide bonds. The van der Waals surface area contributed by atoms with Crippen molar-refractivity contribution in [2.24, 2.45) is 46.3 Å². The number of rotatable bonds is 17. The zero-order chi connectivity index (χ0) is 33.8. The van der Waals surface area contributed by atoms with Gasteiger partial charge in [-0.1, -0.05) is 78.4 Å². The fourth-order valence-electron chi connectivity index (χ4n) is 10.9. The molecule has 5 rings (SSSR count). The van der Waals surface area contributed by atoms with E-state index < -0.39 is 26.3 Å². The molecule has 4 unspecified atom stereocenters. The molecular weight excluding hydrogens is 615 g/mol. The number of hydrogen-bond donors (Lipinski definition) is 3. The highest BCUT2D eigenvalue weighted by molar-refractivity contribution is 7.46. The Labute approximate surface area is 285 Å². The molecule has 0 aromatic carbocycles. The maximum atomic E-state index is 10.9. The lowest BCUT2D eigenvalue weighted by Gasteiger charge is -2.58. The van der Waals surface area contributed by atoms with E-state index in [0.717, 1.165) is 74.2 Å². The normalized spacial score (nSPS) is 39.4. The number of ether oxygens (including phenoxy) is 3. The quantitative estimate of drug-likeness (QED) is 0.0794. The lowest BCUT2D eigenvalue weighted by atomic mass is 9.47. The van der Waals surface area contributed by atoms with Crippen LogP contribution in [0.1, 0.15) is 137 Å². The Morgan fingerprint density at radius 1 is 0.936 bits per heavy atom. The van der Waals surface area contributed by atoms with Crippen LogP contribution < -0.4 is 0 Å². The van der Waals surface area contributed by atoms with Crippen molar-refractivity contribution in [3.8, 4) is 0 Å². The Balaban J connectivity index is 0.986. The molecule has 0 aromatic heterocycles. The number of unbranched alkanes of at least 4 members (excludes halogenated alkanes) is 3. The van der Waals surface area contributed by atoms with E-state index in [0.29, 0.717) is 23.5 Å². The van der Waals surface area contributed by atoms with E-state index >= 15 is 0 Å². The molecule has 4 aliphatic carbocycles. The molecular formula is C38H67O8P. The fourth-order valence-corrected chi connectivity index (χ4v) is 11.3. The van der Waals surface area contributed by atoms with E-state index in [1.807, 2.05) is 0 Å². The summed E-state index contributed by atoms with van der Waals surface area (Å²) in [5.41, 5.74) is 2.63. The van der Waals surface area contributed by atoms with Gasteiger partial charge in [0.15, 0.2) is 6.29 Å². The van der Waals surface area contributed by atoms with E-state index in [9.17, 15) is 9.67 Å². The maximum absolute atomic E-state index is 10.9. The second-order valence-electron chi connectivity index (χ2n) is 17.0. The number of phosphoric acid groups is 1. The molecule has 0 radical (unpaired) electrons. The molecule has 0 spiro atoms. The highest BCUT2D eigenvalue weighted by atomic mass is 31.2. The molecule has 272 valence electrons. The zero-order valence-electron chi connectivity index (χ0n) is 30.1. The SMILES string of the molecule is CC(C)CCC[C@H](C)C1CCC2C3CC=C4C[C@@H](OCCCCCCO[C@@H]5C[C@H](O)[C@@H](COP(=O)(O)O)O5)CC[C@]4(C)C3CC[C@@]21C. The van der Waals surface area contributed by atoms with Gasteiger partial charge >= 0.3 is 7.82 Å². The first-order valence-electron chi connectivity index (χ1n) is 19.3.